The minimum atomic E-state index is -0.390. The summed E-state index contributed by atoms with van der Waals surface area (Å²) < 4.78 is 18.6. The van der Waals surface area contributed by atoms with Crippen LogP contribution >= 0.6 is 0 Å². The summed E-state index contributed by atoms with van der Waals surface area (Å²) in [5, 5.41) is 12.7. The number of hydrazone groups is 1. The van der Waals surface area contributed by atoms with Gasteiger partial charge in [-0.2, -0.15) is 15.3 Å². The Bertz CT molecular complexity index is 712. The van der Waals surface area contributed by atoms with Crippen LogP contribution in [0.2, 0.25) is 0 Å². The fourth-order valence-corrected chi connectivity index (χ4v) is 1.39. The van der Waals surface area contributed by atoms with Crippen LogP contribution in [0.25, 0.3) is 5.57 Å². The lowest BCUT2D eigenvalue weighted by molar-refractivity contribution is 0.554. The third-order valence-corrected chi connectivity index (χ3v) is 2.37. The molecule has 2 aromatic rings. The van der Waals surface area contributed by atoms with Gasteiger partial charge in [-0.05, 0) is 13.0 Å². The molecule has 0 saturated carbocycles. The third kappa shape index (κ3) is 2.90. The second kappa shape index (κ2) is 5.80. The summed E-state index contributed by atoms with van der Waals surface area (Å²) in [6.07, 6.45) is 1.29. The van der Waals surface area contributed by atoms with Gasteiger partial charge in [0.1, 0.15) is 11.9 Å². The van der Waals surface area contributed by atoms with E-state index >= 15 is 0 Å². The minimum absolute atomic E-state index is 0.0636. The first-order chi connectivity index (χ1) is 9.61. The van der Waals surface area contributed by atoms with Gasteiger partial charge < -0.3 is 4.42 Å². The van der Waals surface area contributed by atoms with Crippen molar-refractivity contribution in [1.82, 2.24) is 4.98 Å². The van der Waals surface area contributed by atoms with Crippen molar-refractivity contribution in [2.24, 2.45) is 5.10 Å². The summed E-state index contributed by atoms with van der Waals surface area (Å²) in [6, 6.07) is 8.06. The van der Waals surface area contributed by atoms with Crippen LogP contribution in [0.1, 0.15) is 24.1 Å². The lowest BCUT2D eigenvalue weighted by Gasteiger charge is -1.96. The van der Waals surface area contributed by atoms with E-state index in [-0.39, 0.29) is 17.5 Å². The first-order valence-electron chi connectivity index (χ1n) is 5.72. The van der Waals surface area contributed by atoms with E-state index in [4.69, 9.17) is 9.68 Å². The van der Waals surface area contributed by atoms with Crippen LogP contribution in [0.4, 0.5) is 10.3 Å². The molecule has 1 aromatic heterocycles. The van der Waals surface area contributed by atoms with Gasteiger partial charge in [0.15, 0.2) is 0 Å². The molecule has 0 aliphatic heterocycles. The Morgan fingerprint density at radius 3 is 2.95 bits per heavy atom. The van der Waals surface area contributed by atoms with E-state index in [2.05, 4.69) is 22.1 Å². The summed E-state index contributed by atoms with van der Waals surface area (Å²) in [5.41, 5.74) is 3.50. The number of nitrogens with zero attached hydrogens (tertiary/aromatic N) is 3. The molecule has 0 amide bonds. The van der Waals surface area contributed by atoms with Gasteiger partial charge in [0.25, 0.3) is 5.88 Å². The quantitative estimate of drug-likeness (QED) is 0.684. The second-order valence-corrected chi connectivity index (χ2v) is 3.98. The van der Waals surface area contributed by atoms with Crippen molar-refractivity contribution in [2.75, 3.05) is 5.43 Å². The third-order valence-electron chi connectivity index (χ3n) is 2.37. The average Bonchev–Trinajstić information content (AvgIpc) is 2.84. The van der Waals surface area contributed by atoms with Crippen molar-refractivity contribution < 1.29 is 8.81 Å². The summed E-state index contributed by atoms with van der Waals surface area (Å²) in [7, 11) is 0. The number of benzene rings is 1. The molecule has 0 spiro atoms. The second-order valence-electron chi connectivity index (χ2n) is 3.98. The van der Waals surface area contributed by atoms with E-state index in [1.807, 2.05) is 6.07 Å². The molecule has 1 heterocycles. The molecule has 2 rings (SSSR count). The highest BCUT2D eigenvalue weighted by Gasteiger charge is 2.12. The number of aromatic nitrogens is 1. The predicted molar refractivity (Wildman–Crippen MR) is 73.5 cm³/mol. The lowest BCUT2D eigenvalue weighted by Crippen LogP contribution is -1.93. The van der Waals surface area contributed by atoms with Crippen LogP contribution in [0, 0.1) is 17.1 Å². The van der Waals surface area contributed by atoms with Gasteiger partial charge in [-0.1, -0.05) is 24.8 Å². The van der Waals surface area contributed by atoms with Crippen LogP contribution in [-0.2, 0) is 0 Å². The maximum Gasteiger partial charge on any atom is 0.252 e. The SMILES string of the molecule is C=C(C)c1nc(C#N)c(N/N=C/c2ccccc2F)o1. The van der Waals surface area contributed by atoms with Gasteiger partial charge in [0, 0.05) is 11.1 Å². The first-order valence-corrected chi connectivity index (χ1v) is 5.72. The molecule has 1 aromatic carbocycles. The summed E-state index contributed by atoms with van der Waals surface area (Å²) in [5.74, 6) is -0.0398. The van der Waals surface area contributed by atoms with Crippen LogP contribution < -0.4 is 5.43 Å². The number of hydrogen-bond donors (Lipinski definition) is 1. The monoisotopic (exact) mass is 270 g/mol. The van der Waals surface area contributed by atoms with Crippen LogP contribution in [0.3, 0.4) is 0 Å². The fraction of sp³-hybridized carbons (Fsp3) is 0.0714. The molecule has 0 unspecified atom stereocenters. The molecule has 1 N–H and O–H groups in total. The maximum absolute atomic E-state index is 13.4. The molecule has 0 aliphatic rings. The highest BCUT2D eigenvalue weighted by Crippen LogP contribution is 2.20. The van der Waals surface area contributed by atoms with Gasteiger partial charge in [0.05, 0.1) is 6.21 Å². The van der Waals surface area contributed by atoms with E-state index in [0.29, 0.717) is 11.1 Å². The maximum atomic E-state index is 13.4. The number of anilines is 1. The van der Waals surface area contributed by atoms with Crippen LogP contribution in [0.15, 0.2) is 40.4 Å². The van der Waals surface area contributed by atoms with Gasteiger partial charge >= 0.3 is 0 Å². The largest absolute Gasteiger partial charge is 0.418 e. The highest BCUT2D eigenvalue weighted by atomic mass is 19.1. The van der Waals surface area contributed by atoms with Gasteiger partial charge in [-0.25, -0.2) is 9.82 Å². The van der Waals surface area contributed by atoms with E-state index in [1.54, 1.807) is 25.1 Å². The Morgan fingerprint density at radius 2 is 2.30 bits per heavy atom. The molecule has 20 heavy (non-hydrogen) atoms. The summed E-state index contributed by atoms with van der Waals surface area (Å²) in [6.45, 7) is 5.38. The topological polar surface area (TPSA) is 74.2 Å². The zero-order valence-corrected chi connectivity index (χ0v) is 10.7. The molecule has 6 heteroatoms. The zero-order chi connectivity index (χ0) is 14.5. The Balaban J connectivity index is 2.17. The lowest BCUT2D eigenvalue weighted by atomic mass is 10.2. The smallest absolute Gasteiger partial charge is 0.252 e. The first kappa shape index (κ1) is 13.5. The Kier molecular flexibility index (Phi) is 3.91. The molecular formula is C14H11FN4O. The van der Waals surface area contributed by atoms with Crippen molar-refractivity contribution in [2.45, 2.75) is 6.92 Å². The van der Waals surface area contributed by atoms with Crippen molar-refractivity contribution in [3.05, 3.63) is 53.8 Å². The molecule has 0 radical (unpaired) electrons. The number of oxazole rings is 1. The Hall–Kier alpha value is -2.94. The molecule has 5 nitrogen and oxygen atoms in total. The van der Waals surface area contributed by atoms with Crippen molar-refractivity contribution in [3.8, 4) is 6.07 Å². The Labute approximate surface area is 115 Å². The van der Waals surface area contributed by atoms with E-state index in [0.717, 1.165) is 0 Å². The number of halogens is 1. The number of hydrogen-bond acceptors (Lipinski definition) is 5. The van der Waals surface area contributed by atoms with Gasteiger partial charge in [-0.15, -0.1) is 0 Å². The number of nitriles is 1. The normalized spacial score (nSPS) is 10.4. The van der Waals surface area contributed by atoms with Crippen LogP contribution in [0.5, 0.6) is 0 Å². The highest BCUT2D eigenvalue weighted by molar-refractivity contribution is 5.80. The summed E-state index contributed by atoms with van der Waals surface area (Å²) >= 11 is 0. The van der Waals surface area contributed by atoms with Gasteiger partial charge in [0.2, 0.25) is 11.6 Å². The standard InChI is InChI=1S/C14H11FN4O/c1-9(2)13-18-12(7-16)14(20-13)19-17-8-10-5-3-4-6-11(10)15/h3-6,8,19H,1H2,2H3/b17-8+. The van der Waals surface area contributed by atoms with Gasteiger partial charge in [-0.3, -0.25) is 0 Å². The fourth-order valence-electron chi connectivity index (χ4n) is 1.39. The van der Waals surface area contributed by atoms with Crippen molar-refractivity contribution in [1.29, 1.82) is 5.26 Å². The molecular weight excluding hydrogens is 259 g/mol. The number of nitrogens with one attached hydrogen (secondary N) is 1. The molecule has 0 atom stereocenters. The van der Waals surface area contributed by atoms with E-state index in [1.165, 1.54) is 12.3 Å². The van der Waals surface area contributed by atoms with E-state index < -0.39 is 5.82 Å². The number of rotatable bonds is 4. The Morgan fingerprint density at radius 1 is 1.55 bits per heavy atom. The molecule has 0 aliphatic carbocycles. The predicted octanol–water partition coefficient (Wildman–Crippen LogP) is 3.16. The molecule has 100 valence electrons. The van der Waals surface area contributed by atoms with Crippen molar-refractivity contribution >= 4 is 17.7 Å². The minimum Gasteiger partial charge on any atom is -0.418 e. The molecule has 0 saturated heterocycles. The number of allylic oxidation sites excluding steroid dienone is 1. The molecule has 0 fully saturated rings. The van der Waals surface area contributed by atoms with Crippen LogP contribution in [-0.4, -0.2) is 11.2 Å². The zero-order valence-electron chi connectivity index (χ0n) is 10.7. The average molecular weight is 270 g/mol. The summed E-state index contributed by atoms with van der Waals surface area (Å²) in [4.78, 5) is 3.93. The molecule has 0 bridgehead atoms. The van der Waals surface area contributed by atoms with E-state index in [9.17, 15) is 4.39 Å². The van der Waals surface area contributed by atoms with Crippen molar-refractivity contribution in [3.63, 3.8) is 0 Å².